The first-order valence-electron chi connectivity index (χ1n) is 6.69. The number of aryl methyl sites for hydroxylation is 1. The molecular weight excluding hydrogens is 276 g/mol. The number of anilines is 1. The molecule has 6 heteroatoms. The van der Waals surface area contributed by atoms with Crippen LogP contribution in [-0.2, 0) is 9.53 Å². The van der Waals surface area contributed by atoms with Gasteiger partial charge in [-0.05, 0) is 33.3 Å². The molecule has 0 fully saturated rings. The van der Waals surface area contributed by atoms with E-state index in [0.717, 1.165) is 11.3 Å². The van der Waals surface area contributed by atoms with Crippen LogP contribution < -0.4 is 11.1 Å². The lowest BCUT2D eigenvalue weighted by atomic mass is 9.96. The zero-order valence-corrected chi connectivity index (χ0v) is 13.2. The lowest BCUT2D eigenvalue weighted by Crippen LogP contribution is -2.48. The smallest absolute Gasteiger partial charge is 0.341 e. The molecule has 1 atom stereocenters. The summed E-state index contributed by atoms with van der Waals surface area (Å²) in [7, 11) is 0. The third-order valence-electron chi connectivity index (χ3n) is 2.87. The Morgan fingerprint density at radius 1 is 1.45 bits per heavy atom. The monoisotopic (exact) mass is 298 g/mol. The number of rotatable bonds is 6. The molecule has 1 unspecified atom stereocenters. The molecule has 112 valence electrons. The summed E-state index contributed by atoms with van der Waals surface area (Å²) in [4.78, 5) is 25.0. The van der Waals surface area contributed by atoms with Gasteiger partial charge in [-0.1, -0.05) is 13.3 Å². The van der Waals surface area contributed by atoms with E-state index in [1.54, 1.807) is 19.9 Å². The summed E-state index contributed by atoms with van der Waals surface area (Å²) in [6, 6.07) is 1.71. The number of nitrogens with one attached hydrogen (secondary N) is 1. The van der Waals surface area contributed by atoms with Gasteiger partial charge in [0, 0.05) is 4.88 Å². The van der Waals surface area contributed by atoms with E-state index in [1.807, 2.05) is 13.8 Å². The predicted octanol–water partition coefficient (Wildman–Crippen LogP) is 2.69. The van der Waals surface area contributed by atoms with Crippen molar-refractivity contribution in [3.63, 3.8) is 0 Å². The maximum absolute atomic E-state index is 12.2. The molecule has 1 heterocycles. The fourth-order valence-corrected chi connectivity index (χ4v) is 2.74. The summed E-state index contributed by atoms with van der Waals surface area (Å²) < 4.78 is 4.98. The van der Waals surface area contributed by atoms with Crippen molar-refractivity contribution >= 4 is 28.2 Å². The number of amides is 1. The van der Waals surface area contributed by atoms with Crippen molar-refractivity contribution in [3.05, 3.63) is 16.5 Å². The van der Waals surface area contributed by atoms with Gasteiger partial charge in [-0.15, -0.1) is 11.3 Å². The average molecular weight is 298 g/mol. The van der Waals surface area contributed by atoms with Crippen LogP contribution >= 0.6 is 11.3 Å². The molecule has 1 aromatic heterocycles. The summed E-state index contributed by atoms with van der Waals surface area (Å²) in [5.41, 5.74) is 5.43. The first-order valence-corrected chi connectivity index (χ1v) is 7.51. The van der Waals surface area contributed by atoms with Gasteiger partial charge in [0.25, 0.3) is 0 Å². The van der Waals surface area contributed by atoms with Crippen molar-refractivity contribution in [1.82, 2.24) is 0 Å². The van der Waals surface area contributed by atoms with Gasteiger partial charge in [-0.25, -0.2) is 4.79 Å². The number of hydrogen-bond donors (Lipinski definition) is 2. The van der Waals surface area contributed by atoms with E-state index in [2.05, 4.69) is 5.32 Å². The Kier molecular flexibility index (Phi) is 5.71. The molecule has 0 bridgehead atoms. The molecule has 0 saturated heterocycles. The summed E-state index contributed by atoms with van der Waals surface area (Å²) in [5.74, 6) is -0.715. The van der Waals surface area contributed by atoms with Gasteiger partial charge in [0.15, 0.2) is 0 Å². The molecule has 3 N–H and O–H groups in total. The van der Waals surface area contributed by atoms with Crippen molar-refractivity contribution < 1.29 is 14.3 Å². The highest BCUT2D eigenvalue weighted by Crippen LogP contribution is 2.29. The van der Waals surface area contributed by atoms with Crippen LogP contribution in [0.15, 0.2) is 6.07 Å². The lowest BCUT2D eigenvalue weighted by Gasteiger charge is -2.22. The largest absolute Gasteiger partial charge is 0.462 e. The zero-order chi connectivity index (χ0) is 15.3. The Balaban J connectivity index is 2.92. The molecular formula is C14H22N2O3S. The van der Waals surface area contributed by atoms with Gasteiger partial charge < -0.3 is 15.8 Å². The molecule has 5 nitrogen and oxygen atoms in total. The van der Waals surface area contributed by atoms with Crippen LogP contribution in [0.4, 0.5) is 5.00 Å². The Hall–Kier alpha value is -1.40. The van der Waals surface area contributed by atoms with Crippen LogP contribution in [0.3, 0.4) is 0 Å². The third-order valence-corrected chi connectivity index (χ3v) is 3.83. The van der Waals surface area contributed by atoms with E-state index in [4.69, 9.17) is 10.5 Å². The summed E-state index contributed by atoms with van der Waals surface area (Å²) in [6.45, 7) is 7.57. The predicted molar refractivity (Wildman–Crippen MR) is 81.1 cm³/mol. The highest BCUT2D eigenvalue weighted by Gasteiger charge is 2.29. The van der Waals surface area contributed by atoms with Crippen LogP contribution in [0.25, 0.3) is 0 Å². The van der Waals surface area contributed by atoms with E-state index >= 15 is 0 Å². The normalized spacial score (nSPS) is 13.7. The van der Waals surface area contributed by atoms with Crippen LogP contribution in [0.2, 0.25) is 0 Å². The molecule has 0 aromatic carbocycles. The number of carbonyl (C=O) groups excluding carboxylic acids is 2. The fraction of sp³-hybridized carbons (Fsp3) is 0.571. The highest BCUT2D eigenvalue weighted by atomic mass is 32.1. The summed E-state index contributed by atoms with van der Waals surface area (Å²) in [5, 5.41) is 3.25. The molecule has 1 aromatic rings. The van der Waals surface area contributed by atoms with E-state index in [1.165, 1.54) is 11.3 Å². The van der Waals surface area contributed by atoms with Gasteiger partial charge in [0.05, 0.1) is 17.7 Å². The lowest BCUT2D eigenvalue weighted by molar-refractivity contribution is -0.120. The SMILES string of the molecule is CCCC(C)(N)C(=O)Nc1sc(C)cc1C(=O)OCC. The fourth-order valence-electron chi connectivity index (χ4n) is 1.85. The van der Waals surface area contributed by atoms with Gasteiger partial charge in [-0.2, -0.15) is 0 Å². The average Bonchev–Trinajstić information content (AvgIpc) is 2.70. The molecule has 1 rings (SSSR count). The topological polar surface area (TPSA) is 81.4 Å². The van der Waals surface area contributed by atoms with E-state index < -0.39 is 11.5 Å². The minimum absolute atomic E-state index is 0.285. The quantitative estimate of drug-likeness (QED) is 0.791. The maximum Gasteiger partial charge on any atom is 0.341 e. The standard InChI is InChI=1S/C14H22N2O3S/c1-5-7-14(4,15)13(18)16-11-10(8-9(3)20-11)12(17)19-6-2/h8H,5-7,15H2,1-4H3,(H,16,18). The number of esters is 1. The van der Waals surface area contributed by atoms with Crippen molar-refractivity contribution in [2.75, 3.05) is 11.9 Å². The molecule has 0 aliphatic carbocycles. The minimum Gasteiger partial charge on any atom is -0.462 e. The van der Waals surface area contributed by atoms with Gasteiger partial charge in [0.1, 0.15) is 5.00 Å². The van der Waals surface area contributed by atoms with Crippen LogP contribution in [-0.4, -0.2) is 24.0 Å². The number of ether oxygens (including phenoxy) is 1. The van der Waals surface area contributed by atoms with E-state index in [9.17, 15) is 9.59 Å². The summed E-state index contributed by atoms with van der Waals surface area (Å²) in [6.07, 6.45) is 1.40. The van der Waals surface area contributed by atoms with Gasteiger partial charge in [0.2, 0.25) is 5.91 Å². The molecule has 0 aliphatic heterocycles. The second-order valence-corrected chi connectivity index (χ2v) is 6.20. The van der Waals surface area contributed by atoms with Crippen molar-refractivity contribution in [2.45, 2.75) is 46.1 Å². The summed E-state index contributed by atoms with van der Waals surface area (Å²) >= 11 is 1.34. The van der Waals surface area contributed by atoms with Crippen LogP contribution in [0.1, 0.15) is 48.8 Å². The molecule has 0 aliphatic rings. The number of carbonyl (C=O) groups is 2. The minimum atomic E-state index is -0.946. The Morgan fingerprint density at radius 3 is 2.65 bits per heavy atom. The Morgan fingerprint density at radius 2 is 2.10 bits per heavy atom. The number of hydrogen-bond acceptors (Lipinski definition) is 5. The molecule has 0 saturated carbocycles. The van der Waals surface area contributed by atoms with Crippen molar-refractivity contribution in [1.29, 1.82) is 0 Å². The molecule has 20 heavy (non-hydrogen) atoms. The van der Waals surface area contributed by atoms with E-state index in [0.29, 0.717) is 23.6 Å². The van der Waals surface area contributed by atoms with Crippen LogP contribution in [0.5, 0.6) is 0 Å². The Labute approximate surface area is 123 Å². The van der Waals surface area contributed by atoms with E-state index in [-0.39, 0.29) is 5.91 Å². The van der Waals surface area contributed by atoms with Gasteiger partial charge >= 0.3 is 5.97 Å². The second kappa shape index (κ2) is 6.85. The van der Waals surface area contributed by atoms with Gasteiger partial charge in [-0.3, -0.25) is 4.79 Å². The third kappa shape index (κ3) is 4.05. The van der Waals surface area contributed by atoms with Crippen molar-refractivity contribution in [2.24, 2.45) is 5.73 Å². The van der Waals surface area contributed by atoms with Crippen molar-refractivity contribution in [3.8, 4) is 0 Å². The number of thiophene rings is 1. The number of nitrogens with two attached hydrogens (primary N) is 1. The van der Waals surface area contributed by atoms with Crippen LogP contribution in [0, 0.1) is 6.92 Å². The molecule has 0 radical (unpaired) electrons. The first-order chi connectivity index (χ1) is 9.31. The highest BCUT2D eigenvalue weighted by molar-refractivity contribution is 7.16. The first kappa shape index (κ1) is 16.7. The second-order valence-electron chi connectivity index (χ2n) is 4.94. The maximum atomic E-state index is 12.2. The zero-order valence-electron chi connectivity index (χ0n) is 12.4. The molecule has 1 amide bonds. The molecule has 0 spiro atoms. The Bertz CT molecular complexity index is 495.